The number of thiazole rings is 1. The molecule has 1 atom stereocenters. The smallest absolute Gasteiger partial charge is 0.255 e. The van der Waals surface area contributed by atoms with Gasteiger partial charge in [0.15, 0.2) is 10.1 Å². The highest BCUT2D eigenvalue weighted by molar-refractivity contribution is 7.99. The van der Waals surface area contributed by atoms with E-state index in [0.717, 1.165) is 52.6 Å². The van der Waals surface area contributed by atoms with Crippen LogP contribution in [0, 0.1) is 5.82 Å². The zero-order chi connectivity index (χ0) is 28.0. The molecular formula is C28H27ClFN5O2S3. The van der Waals surface area contributed by atoms with Gasteiger partial charge < -0.3 is 14.0 Å². The second-order valence-corrected chi connectivity index (χ2v) is 12.8. The van der Waals surface area contributed by atoms with Gasteiger partial charge in [-0.2, -0.15) is 0 Å². The predicted molar refractivity (Wildman–Crippen MR) is 164 cm³/mol. The number of carbonyl (C=O) groups excluding carboxylic acids is 1. The number of aromatic nitrogens is 2. The molecule has 0 spiro atoms. The Balaban J connectivity index is 1.42. The molecule has 12 heteroatoms. The number of nitrogens with one attached hydrogen (secondary N) is 1. The van der Waals surface area contributed by atoms with E-state index in [9.17, 15) is 9.18 Å². The molecule has 3 aromatic heterocycles. The molecule has 0 aliphatic carbocycles. The minimum absolute atomic E-state index is 0.224. The molecule has 4 heterocycles. The van der Waals surface area contributed by atoms with Crippen LogP contribution in [-0.4, -0.2) is 53.0 Å². The van der Waals surface area contributed by atoms with Crippen molar-refractivity contribution >= 4 is 74.4 Å². The molecule has 1 amide bonds. The van der Waals surface area contributed by atoms with E-state index in [-0.39, 0.29) is 17.6 Å². The molecule has 0 unspecified atom stereocenters. The van der Waals surface area contributed by atoms with Crippen molar-refractivity contribution in [3.63, 3.8) is 0 Å². The highest BCUT2D eigenvalue weighted by Crippen LogP contribution is 2.44. The lowest BCUT2D eigenvalue weighted by atomic mass is 9.89. The van der Waals surface area contributed by atoms with Crippen LogP contribution < -0.4 is 9.62 Å². The molecule has 2 aromatic carbocycles. The average molecular weight is 616 g/mol. The summed E-state index contributed by atoms with van der Waals surface area (Å²) in [6.45, 7) is 1.76. The van der Waals surface area contributed by atoms with Crippen LogP contribution in [0.4, 0.5) is 10.1 Å². The Morgan fingerprint density at radius 2 is 2.10 bits per heavy atom. The maximum Gasteiger partial charge on any atom is 0.255 e. The average Bonchev–Trinajstić information content (AvgIpc) is 3.66. The molecule has 7 nitrogen and oxygen atoms in total. The number of anilines is 1. The van der Waals surface area contributed by atoms with Gasteiger partial charge >= 0.3 is 0 Å². The van der Waals surface area contributed by atoms with Gasteiger partial charge in [0.05, 0.1) is 11.3 Å². The predicted octanol–water partition coefficient (Wildman–Crippen LogP) is 7.56. The minimum atomic E-state index is -0.343. The topological polar surface area (TPSA) is 66.0 Å². The molecule has 40 heavy (non-hydrogen) atoms. The molecule has 0 saturated carbocycles. The van der Waals surface area contributed by atoms with Gasteiger partial charge in [-0.15, -0.1) is 11.3 Å². The highest BCUT2D eigenvalue weighted by atomic mass is 35.5. The van der Waals surface area contributed by atoms with E-state index in [1.54, 1.807) is 54.4 Å². The number of hydrogen-bond donors (Lipinski definition) is 1. The maximum atomic E-state index is 13.7. The third-order valence-electron chi connectivity index (χ3n) is 7.23. The van der Waals surface area contributed by atoms with E-state index in [4.69, 9.17) is 16.0 Å². The monoisotopic (exact) mass is 615 g/mol. The Kier molecular flexibility index (Phi) is 7.75. The third kappa shape index (κ3) is 4.98. The summed E-state index contributed by atoms with van der Waals surface area (Å²) in [5.41, 5.74) is 3.92. The van der Waals surface area contributed by atoms with Gasteiger partial charge in [-0.25, -0.2) is 13.7 Å². The quantitative estimate of drug-likeness (QED) is 0.190. The largest absolute Gasteiger partial charge is 0.455 e. The van der Waals surface area contributed by atoms with E-state index in [0.29, 0.717) is 27.6 Å². The maximum absolute atomic E-state index is 13.7. The number of rotatable bonds is 7. The van der Waals surface area contributed by atoms with Crippen molar-refractivity contribution in [2.75, 3.05) is 37.7 Å². The molecule has 6 rings (SSSR count). The standard InChI is InChI=1S/C28H27ClFN5O2S3/c1-31-26(36)23-20-13-19(17-5-4-10-34(15-17)40-27-25(29)32-28-35(27)11-12-39-28)21(33(2)38-3)14-22(20)37-24(23)16-6-8-18(30)9-7-16/h6-9,11-14,17H,4-5,10,15H2,1-3H3,(H,31,36)/t17-/m1/s1. The van der Waals surface area contributed by atoms with Crippen LogP contribution in [0.1, 0.15) is 34.7 Å². The summed E-state index contributed by atoms with van der Waals surface area (Å²) in [6, 6.07) is 10.2. The second kappa shape index (κ2) is 11.3. The van der Waals surface area contributed by atoms with E-state index in [1.807, 2.05) is 35.3 Å². The lowest BCUT2D eigenvalue weighted by molar-refractivity contribution is 0.0964. The summed E-state index contributed by atoms with van der Waals surface area (Å²) < 4.78 is 26.5. The molecular weight excluding hydrogens is 589 g/mol. The zero-order valence-electron chi connectivity index (χ0n) is 22.1. The molecule has 1 aliphatic heterocycles. The summed E-state index contributed by atoms with van der Waals surface area (Å²) in [6.07, 6.45) is 6.08. The van der Waals surface area contributed by atoms with Gasteiger partial charge in [-0.1, -0.05) is 23.5 Å². The van der Waals surface area contributed by atoms with Crippen molar-refractivity contribution in [2.45, 2.75) is 23.8 Å². The first kappa shape index (κ1) is 27.5. The normalized spacial score (nSPS) is 16.2. The van der Waals surface area contributed by atoms with Crippen molar-refractivity contribution in [2.24, 2.45) is 0 Å². The number of carbonyl (C=O) groups is 1. The minimum Gasteiger partial charge on any atom is -0.455 e. The van der Waals surface area contributed by atoms with Crippen LogP contribution in [0.25, 0.3) is 27.3 Å². The van der Waals surface area contributed by atoms with Crippen LogP contribution in [0.2, 0.25) is 5.15 Å². The van der Waals surface area contributed by atoms with Gasteiger partial charge in [-0.3, -0.25) is 9.20 Å². The number of benzene rings is 2. The van der Waals surface area contributed by atoms with Crippen LogP contribution >= 0.6 is 46.8 Å². The number of amides is 1. The van der Waals surface area contributed by atoms with Crippen molar-refractivity contribution < 1.29 is 13.6 Å². The number of hydrogen-bond acceptors (Lipinski definition) is 8. The number of nitrogens with zero attached hydrogens (tertiary/aromatic N) is 4. The molecule has 1 fully saturated rings. The van der Waals surface area contributed by atoms with Gasteiger partial charge in [-0.05, 0) is 66.6 Å². The summed E-state index contributed by atoms with van der Waals surface area (Å²) in [5.74, 6) is 0.0667. The summed E-state index contributed by atoms with van der Waals surface area (Å²) in [4.78, 5) is 18.5. The van der Waals surface area contributed by atoms with Crippen molar-refractivity contribution in [1.29, 1.82) is 0 Å². The first-order valence-electron chi connectivity index (χ1n) is 12.8. The van der Waals surface area contributed by atoms with Crippen molar-refractivity contribution in [1.82, 2.24) is 19.0 Å². The molecule has 0 bridgehead atoms. The zero-order valence-corrected chi connectivity index (χ0v) is 25.3. The van der Waals surface area contributed by atoms with Gasteiger partial charge in [0, 0.05) is 62.0 Å². The van der Waals surface area contributed by atoms with Crippen LogP contribution in [0.3, 0.4) is 0 Å². The first-order valence-corrected chi connectivity index (χ1v) is 16.0. The number of fused-ring (bicyclic) bond motifs is 2. The molecule has 1 N–H and O–H groups in total. The second-order valence-electron chi connectivity index (χ2n) is 9.56. The Morgan fingerprint density at radius 1 is 1.30 bits per heavy atom. The fraction of sp³-hybridized carbons (Fsp3) is 0.286. The Bertz CT molecular complexity index is 1700. The number of furan rings is 1. The van der Waals surface area contributed by atoms with Gasteiger partial charge in [0.2, 0.25) is 0 Å². The number of piperidine rings is 1. The van der Waals surface area contributed by atoms with E-state index in [1.165, 1.54) is 12.1 Å². The fourth-order valence-corrected chi connectivity index (χ4v) is 7.75. The number of imidazole rings is 1. The lowest BCUT2D eigenvalue weighted by Gasteiger charge is -2.33. The molecule has 1 saturated heterocycles. The molecule has 1 aliphatic rings. The van der Waals surface area contributed by atoms with E-state index >= 15 is 0 Å². The van der Waals surface area contributed by atoms with Crippen molar-refractivity contribution in [3.05, 3.63) is 70.1 Å². The first-order chi connectivity index (χ1) is 19.4. The Labute approximate surface area is 248 Å². The van der Waals surface area contributed by atoms with Crippen LogP contribution in [-0.2, 0) is 0 Å². The molecule has 208 valence electrons. The number of halogens is 2. The third-order valence-corrected chi connectivity index (χ3v) is 10.3. The van der Waals surface area contributed by atoms with Crippen LogP contribution in [0.5, 0.6) is 0 Å². The van der Waals surface area contributed by atoms with Gasteiger partial charge in [0.25, 0.3) is 5.91 Å². The van der Waals surface area contributed by atoms with Crippen molar-refractivity contribution in [3.8, 4) is 11.3 Å². The van der Waals surface area contributed by atoms with E-state index < -0.39 is 0 Å². The summed E-state index contributed by atoms with van der Waals surface area (Å²) >= 11 is 11.3. The highest BCUT2D eigenvalue weighted by Gasteiger charge is 2.30. The summed E-state index contributed by atoms with van der Waals surface area (Å²) in [5, 5.41) is 6.96. The Morgan fingerprint density at radius 3 is 2.85 bits per heavy atom. The van der Waals surface area contributed by atoms with Crippen LogP contribution in [0.15, 0.2) is 57.4 Å². The lowest BCUT2D eigenvalue weighted by Crippen LogP contribution is -2.30. The summed E-state index contributed by atoms with van der Waals surface area (Å²) in [7, 11) is 3.64. The van der Waals surface area contributed by atoms with Gasteiger partial charge in [0.1, 0.15) is 22.2 Å². The van der Waals surface area contributed by atoms with E-state index in [2.05, 4.69) is 25.0 Å². The SMILES string of the molecule is CNC(=O)c1c(-c2ccc(F)cc2)oc2cc(N(C)SC)c([C@@H]3CCCN(Sc4c(Cl)nc5sccn45)C3)cc12. The fourth-order valence-electron chi connectivity index (χ4n) is 5.22. The molecule has 0 radical (unpaired) electrons. The Hall–Kier alpha value is -2.70. The molecule has 5 aromatic rings.